The van der Waals surface area contributed by atoms with Gasteiger partial charge in [-0.1, -0.05) is 18.2 Å². The van der Waals surface area contributed by atoms with Crippen LogP contribution in [0.3, 0.4) is 0 Å². The van der Waals surface area contributed by atoms with E-state index in [1.165, 1.54) is 4.68 Å². The molecule has 1 unspecified atom stereocenters. The lowest BCUT2D eigenvalue weighted by molar-refractivity contribution is 0.193. The van der Waals surface area contributed by atoms with E-state index in [-0.39, 0.29) is 11.6 Å². The number of aromatic nitrogens is 5. The van der Waals surface area contributed by atoms with Gasteiger partial charge in [-0.25, -0.2) is 14.0 Å². The average Bonchev–Trinajstić information content (AvgIpc) is 3.19. The lowest BCUT2D eigenvalue weighted by Gasteiger charge is -2.31. The molecule has 0 amide bonds. The number of nitrogens with zero attached hydrogens (tertiary/aromatic N) is 5. The quantitative estimate of drug-likeness (QED) is 0.779. The second-order valence-electron chi connectivity index (χ2n) is 7.05. The van der Waals surface area contributed by atoms with Crippen LogP contribution in [0.1, 0.15) is 36.0 Å². The molecule has 4 rings (SSSR count). The van der Waals surface area contributed by atoms with E-state index in [0.29, 0.717) is 0 Å². The van der Waals surface area contributed by atoms with Crippen molar-refractivity contribution in [1.29, 1.82) is 0 Å². The first-order chi connectivity index (χ1) is 12.6. The maximum absolute atomic E-state index is 12.6. The van der Waals surface area contributed by atoms with E-state index < -0.39 is 0 Å². The van der Waals surface area contributed by atoms with Crippen molar-refractivity contribution in [2.75, 3.05) is 13.1 Å². The molecule has 7 heteroatoms. The van der Waals surface area contributed by atoms with E-state index in [0.717, 1.165) is 55.4 Å². The second-order valence-corrected chi connectivity index (χ2v) is 7.05. The van der Waals surface area contributed by atoms with Gasteiger partial charge in [0.1, 0.15) is 5.82 Å². The number of hydrogen-bond acceptors (Lipinski definition) is 4. The summed E-state index contributed by atoms with van der Waals surface area (Å²) in [4.78, 5) is 15.0. The fourth-order valence-electron chi connectivity index (χ4n) is 3.76. The Labute approximate surface area is 152 Å². The highest BCUT2D eigenvalue weighted by Crippen LogP contribution is 2.27. The largest absolute Gasteiger partial charge is 0.350 e. The van der Waals surface area contributed by atoms with E-state index in [9.17, 15) is 4.79 Å². The second kappa shape index (κ2) is 6.92. The van der Waals surface area contributed by atoms with Gasteiger partial charge in [0.15, 0.2) is 0 Å². The number of likely N-dealkylation sites (tertiary alicyclic amines) is 1. The molecule has 1 aliphatic heterocycles. The van der Waals surface area contributed by atoms with Gasteiger partial charge in [-0.05, 0) is 44.5 Å². The van der Waals surface area contributed by atoms with Crippen molar-refractivity contribution in [3.05, 3.63) is 64.1 Å². The van der Waals surface area contributed by atoms with Crippen LogP contribution in [-0.2, 0) is 13.6 Å². The number of benzene rings is 1. The summed E-state index contributed by atoms with van der Waals surface area (Å²) in [6, 6.07) is 11.9. The molecule has 26 heavy (non-hydrogen) atoms. The fraction of sp³-hybridized carbons (Fsp3) is 0.421. The van der Waals surface area contributed by atoms with Crippen LogP contribution < -0.4 is 5.69 Å². The molecule has 0 bridgehead atoms. The van der Waals surface area contributed by atoms with Crippen molar-refractivity contribution in [2.24, 2.45) is 7.05 Å². The highest BCUT2D eigenvalue weighted by atomic mass is 16.2. The summed E-state index contributed by atoms with van der Waals surface area (Å²) in [6.07, 6.45) is 2.13. The topological polar surface area (TPSA) is 71.7 Å². The molecule has 2 aromatic heterocycles. The van der Waals surface area contributed by atoms with Gasteiger partial charge in [-0.3, -0.25) is 10.00 Å². The molecule has 0 saturated carbocycles. The Morgan fingerprint density at radius 2 is 2.08 bits per heavy atom. The van der Waals surface area contributed by atoms with Crippen LogP contribution in [0.5, 0.6) is 0 Å². The van der Waals surface area contributed by atoms with Crippen molar-refractivity contribution in [3.63, 3.8) is 0 Å². The highest BCUT2D eigenvalue weighted by molar-refractivity contribution is 5.33. The number of aromatic amines is 1. The van der Waals surface area contributed by atoms with Gasteiger partial charge in [0.25, 0.3) is 0 Å². The Morgan fingerprint density at radius 3 is 2.81 bits per heavy atom. The Kier molecular flexibility index (Phi) is 4.46. The summed E-state index contributed by atoms with van der Waals surface area (Å²) < 4.78 is 3.20. The summed E-state index contributed by atoms with van der Waals surface area (Å²) in [5, 5.41) is 11.9. The van der Waals surface area contributed by atoms with Gasteiger partial charge in [0.05, 0.1) is 11.4 Å². The lowest BCUT2D eigenvalue weighted by atomic mass is 9.97. The van der Waals surface area contributed by atoms with E-state index in [2.05, 4.69) is 26.3 Å². The number of H-pyrrole nitrogens is 1. The fourth-order valence-corrected chi connectivity index (χ4v) is 3.76. The van der Waals surface area contributed by atoms with Gasteiger partial charge in [-0.2, -0.15) is 10.2 Å². The first-order valence-electron chi connectivity index (χ1n) is 9.06. The number of hydrogen-bond donors (Lipinski definition) is 1. The summed E-state index contributed by atoms with van der Waals surface area (Å²) in [5.74, 6) is 1.09. The third-order valence-corrected chi connectivity index (χ3v) is 4.98. The molecular weight excluding hydrogens is 328 g/mol. The van der Waals surface area contributed by atoms with E-state index in [1.54, 1.807) is 11.6 Å². The zero-order chi connectivity index (χ0) is 18.1. The number of rotatable bonds is 4. The lowest BCUT2D eigenvalue weighted by Crippen LogP contribution is -2.35. The molecule has 3 aromatic rings. The van der Waals surface area contributed by atoms with Gasteiger partial charge in [0.2, 0.25) is 0 Å². The first kappa shape index (κ1) is 16.8. The smallest absolute Gasteiger partial charge is 0.297 e. The van der Waals surface area contributed by atoms with E-state index in [4.69, 9.17) is 0 Å². The first-order valence-corrected chi connectivity index (χ1v) is 9.06. The van der Waals surface area contributed by atoms with Gasteiger partial charge in [0, 0.05) is 31.7 Å². The molecule has 1 fully saturated rings. The molecule has 3 heterocycles. The Balaban J connectivity index is 1.61. The van der Waals surface area contributed by atoms with E-state index >= 15 is 0 Å². The van der Waals surface area contributed by atoms with E-state index in [1.807, 2.05) is 37.3 Å². The minimum atomic E-state index is -0.0914. The molecule has 1 aromatic carbocycles. The predicted molar refractivity (Wildman–Crippen MR) is 99.4 cm³/mol. The predicted octanol–water partition coefficient (Wildman–Crippen LogP) is 1.98. The molecule has 0 spiro atoms. The monoisotopic (exact) mass is 352 g/mol. The molecule has 1 saturated heterocycles. The summed E-state index contributed by atoms with van der Waals surface area (Å²) in [6.45, 7) is 4.77. The summed E-state index contributed by atoms with van der Waals surface area (Å²) in [7, 11) is 1.72. The molecule has 0 radical (unpaired) electrons. The number of aryl methyl sites for hydroxylation is 2. The third kappa shape index (κ3) is 3.22. The van der Waals surface area contributed by atoms with Crippen molar-refractivity contribution in [2.45, 2.75) is 32.2 Å². The summed E-state index contributed by atoms with van der Waals surface area (Å²) in [5.41, 5.74) is 2.92. The highest BCUT2D eigenvalue weighted by Gasteiger charge is 2.27. The maximum atomic E-state index is 12.6. The zero-order valence-electron chi connectivity index (χ0n) is 15.2. The van der Waals surface area contributed by atoms with Crippen LogP contribution in [0.15, 0.2) is 41.2 Å². The van der Waals surface area contributed by atoms with Crippen molar-refractivity contribution in [1.82, 2.24) is 29.4 Å². The molecule has 1 aliphatic rings. The molecule has 1 atom stereocenters. The molecule has 136 valence electrons. The SMILES string of the molecule is Cc1cc(CN2CCCC(c3nn(C)c(=O)n3-c3ccccc3)C2)n[nH]1. The average molecular weight is 352 g/mol. The number of para-hydroxylation sites is 1. The number of nitrogens with one attached hydrogen (secondary N) is 1. The maximum Gasteiger partial charge on any atom is 0.350 e. The molecule has 7 nitrogen and oxygen atoms in total. The minimum Gasteiger partial charge on any atom is -0.297 e. The Bertz CT molecular complexity index is 939. The van der Waals surface area contributed by atoms with Gasteiger partial charge < -0.3 is 0 Å². The van der Waals surface area contributed by atoms with Crippen molar-refractivity contribution in [3.8, 4) is 5.69 Å². The van der Waals surface area contributed by atoms with Crippen LogP contribution in [0.25, 0.3) is 5.69 Å². The molecule has 1 N–H and O–H groups in total. The molecule has 0 aliphatic carbocycles. The van der Waals surface area contributed by atoms with Crippen LogP contribution >= 0.6 is 0 Å². The van der Waals surface area contributed by atoms with Crippen LogP contribution in [-0.4, -0.2) is 42.5 Å². The van der Waals surface area contributed by atoms with Crippen LogP contribution in [0, 0.1) is 6.92 Å². The van der Waals surface area contributed by atoms with Crippen LogP contribution in [0.2, 0.25) is 0 Å². The molecular formula is C19H24N6O. The van der Waals surface area contributed by atoms with Gasteiger partial charge >= 0.3 is 5.69 Å². The van der Waals surface area contributed by atoms with Gasteiger partial charge in [-0.15, -0.1) is 0 Å². The normalized spacial score (nSPS) is 18.3. The minimum absolute atomic E-state index is 0.0914. The standard InChI is InChI=1S/C19H24N6O/c1-14-11-16(21-20-14)13-24-10-6-7-15(12-24)18-22-23(2)19(26)25(18)17-8-4-3-5-9-17/h3-5,8-9,11,15H,6-7,10,12-13H2,1-2H3,(H,20,21). The van der Waals surface area contributed by atoms with Crippen LogP contribution in [0.4, 0.5) is 0 Å². The zero-order valence-corrected chi connectivity index (χ0v) is 15.2. The Morgan fingerprint density at radius 1 is 1.27 bits per heavy atom. The summed E-state index contributed by atoms with van der Waals surface area (Å²) >= 11 is 0. The van der Waals surface area contributed by atoms with Crippen molar-refractivity contribution < 1.29 is 0 Å². The number of piperidine rings is 1. The third-order valence-electron chi connectivity index (χ3n) is 4.98. The Hall–Kier alpha value is -2.67. The van der Waals surface area contributed by atoms with Crippen molar-refractivity contribution >= 4 is 0 Å².